The van der Waals surface area contributed by atoms with Crippen LogP contribution in [0.2, 0.25) is 0 Å². The molecule has 0 aliphatic heterocycles. The Morgan fingerprint density at radius 3 is 2.42 bits per heavy atom. The Labute approximate surface area is 254 Å². The highest BCUT2D eigenvalue weighted by molar-refractivity contribution is 6.02. The number of nitrogens with zero attached hydrogens (tertiary/aromatic N) is 6. The van der Waals surface area contributed by atoms with Gasteiger partial charge in [0, 0.05) is 41.8 Å². The van der Waals surface area contributed by atoms with Gasteiger partial charge in [0.25, 0.3) is 0 Å². The summed E-state index contributed by atoms with van der Waals surface area (Å²) in [5.74, 6) is 1.23. The van der Waals surface area contributed by atoms with Crippen molar-refractivity contribution in [1.82, 2.24) is 29.5 Å². The molecule has 0 radical (unpaired) electrons. The fourth-order valence-corrected chi connectivity index (χ4v) is 4.48. The van der Waals surface area contributed by atoms with Gasteiger partial charge in [0.2, 0.25) is 0 Å². The van der Waals surface area contributed by atoms with Gasteiger partial charge in [-0.3, -0.25) is 4.98 Å². The number of aromatic nitrogens is 6. The largest absolute Gasteiger partial charge is 0.424 e. The van der Waals surface area contributed by atoms with Crippen LogP contribution in [-0.4, -0.2) is 42.1 Å². The van der Waals surface area contributed by atoms with Crippen LogP contribution < -0.4 is 20.7 Å². The molecule has 6 aromatic rings. The number of anilines is 3. The predicted molar refractivity (Wildman–Crippen MR) is 162 cm³/mol. The third-order valence-corrected chi connectivity index (χ3v) is 6.56. The number of hydrogen-bond donors (Lipinski definition) is 3. The zero-order chi connectivity index (χ0) is 31.4. The van der Waals surface area contributed by atoms with Crippen molar-refractivity contribution in [1.29, 1.82) is 0 Å². The number of amides is 2. The van der Waals surface area contributed by atoms with Crippen molar-refractivity contribution >= 4 is 28.9 Å². The number of hydrogen-bond acceptors (Lipinski definition) is 8. The molecule has 11 nitrogen and oxygen atoms in total. The van der Waals surface area contributed by atoms with E-state index in [1.165, 1.54) is 30.9 Å². The zero-order valence-electron chi connectivity index (χ0n) is 23.6. The van der Waals surface area contributed by atoms with Crippen LogP contribution in [0.4, 0.5) is 35.2 Å². The SMILES string of the molecule is CCNc1ccn2ncc(-c3ccc(Oc4ncc(NC(=O)Nc5cc(C(F)(F)F)ccc5-c5cccnc5)cn4)cc3)c2n1. The minimum absolute atomic E-state index is 0.0263. The van der Waals surface area contributed by atoms with Gasteiger partial charge in [0.1, 0.15) is 11.6 Å². The summed E-state index contributed by atoms with van der Waals surface area (Å²) >= 11 is 0. The summed E-state index contributed by atoms with van der Waals surface area (Å²) in [5, 5.41) is 12.6. The molecule has 3 N–H and O–H groups in total. The summed E-state index contributed by atoms with van der Waals surface area (Å²) in [5.41, 5.74) is 2.60. The van der Waals surface area contributed by atoms with E-state index in [1.54, 1.807) is 35.0 Å². The lowest BCUT2D eigenvalue weighted by molar-refractivity contribution is -0.137. The van der Waals surface area contributed by atoms with Crippen LogP contribution in [0.5, 0.6) is 11.8 Å². The number of ether oxygens (including phenoxy) is 1. The fourth-order valence-electron chi connectivity index (χ4n) is 4.48. The van der Waals surface area contributed by atoms with Crippen molar-refractivity contribution < 1.29 is 22.7 Å². The molecule has 0 aliphatic rings. The average molecular weight is 612 g/mol. The number of carbonyl (C=O) groups is 1. The molecule has 14 heteroatoms. The first-order valence-corrected chi connectivity index (χ1v) is 13.6. The zero-order valence-corrected chi connectivity index (χ0v) is 23.6. The van der Waals surface area contributed by atoms with E-state index in [-0.39, 0.29) is 17.4 Å². The first kappa shape index (κ1) is 29.0. The second-order valence-corrected chi connectivity index (χ2v) is 9.63. The minimum Gasteiger partial charge on any atom is -0.424 e. The van der Waals surface area contributed by atoms with Crippen LogP contribution in [0.1, 0.15) is 12.5 Å². The maximum Gasteiger partial charge on any atom is 0.416 e. The van der Waals surface area contributed by atoms with Gasteiger partial charge in [-0.2, -0.15) is 18.3 Å². The molecule has 0 atom stereocenters. The van der Waals surface area contributed by atoms with Crippen molar-refractivity contribution in [2.75, 3.05) is 22.5 Å². The molecule has 4 aromatic heterocycles. The lowest BCUT2D eigenvalue weighted by Crippen LogP contribution is -2.20. The van der Waals surface area contributed by atoms with Gasteiger partial charge in [-0.1, -0.05) is 24.3 Å². The quantitative estimate of drug-likeness (QED) is 0.166. The molecule has 0 saturated carbocycles. The van der Waals surface area contributed by atoms with Crippen LogP contribution in [0.25, 0.3) is 27.9 Å². The molecule has 0 fully saturated rings. The summed E-state index contributed by atoms with van der Waals surface area (Å²) in [7, 11) is 0. The fraction of sp³-hybridized carbons (Fsp3) is 0.0968. The number of halogens is 3. The van der Waals surface area contributed by atoms with Gasteiger partial charge >= 0.3 is 18.2 Å². The molecular formula is C31H24F3N9O2. The Balaban J connectivity index is 1.12. The van der Waals surface area contributed by atoms with E-state index < -0.39 is 17.8 Å². The van der Waals surface area contributed by atoms with Gasteiger partial charge < -0.3 is 20.7 Å². The van der Waals surface area contributed by atoms with E-state index in [1.807, 2.05) is 31.3 Å². The molecule has 2 aromatic carbocycles. The summed E-state index contributed by atoms with van der Waals surface area (Å²) in [6, 6.07) is 14.8. The molecule has 226 valence electrons. The molecular weight excluding hydrogens is 587 g/mol. The van der Waals surface area contributed by atoms with E-state index in [4.69, 9.17) is 4.74 Å². The molecule has 0 saturated heterocycles. The Hall–Kier alpha value is -6.05. The Bertz CT molecular complexity index is 1950. The molecule has 6 rings (SSSR count). The maximum absolute atomic E-state index is 13.4. The number of nitrogens with one attached hydrogen (secondary N) is 3. The number of alkyl halides is 3. The van der Waals surface area contributed by atoms with E-state index in [2.05, 4.69) is 41.0 Å². The highest BCUT2D eigenvalue weighted by Crippen LogP contribution is 2.36. The summed E-state index contributed by atoms with van der Waals surface area (Å²) in [6.07, 6.45) is 4.65. The van der Waals surface area contributed by atoms with Crippen molar-refractivity contribution in [3.8, 4) is 34.0 Å². The van der Waals surface area contributed by atoms with Gasteiger partial charge in [-0.15, -0.1) is 0 Å². The Kier molecular flexibility index (Phi) is 7.93. The number of pyridine rings is 1. The normalized spacial score (nSPS) is 11.3. The smallest absolute Gasteiger partial charge is 0.416 e. The summed E-state index contributed by atoms with van der Waals surface area (Å²) < 4.78 is 47.6. The number of carbonyl (C=O) groups excluding carboxylic acids is 1. The van der Waals surface area contributed by atoms with Gasteiger partial charge in [0.15, 0.2) is 5.65 Å². The van der Waals surface area contributed by atoms with Crippen molar-refractivity contribution in [2.45, 2.75) is 13.1 Å². The third kappa shape index (κ3) is 6.64. The van der Waals surface area contributed by atoms with Gasteiger partial charge in [-0.25, -0.2) is 24.3 Å². The topological polar surface area (TPSA) is 131 Å². The van der Waals surface area contributed by atoms with Crippen molar-refractivity contribution in [2.24, 2.45) is 0 Å². The van der Waals surface area contributed by atoms with Gasteiger partial charge in [-0.05, 0) is 48.9 Å². The first-order chi connectivity index (χ1) is 21.8. The Morgan fingerprint density at radius 2 is 1.71 bits per heavy atom. The van der Waals surface area contributed by atoms with Crippen LogP contribution in [-0.2, 0) is 6.18 Å². The molecule has 0 unspecified atom stereocenters. The van der Waals surface area contributed by atoms with E-state index in [9.17, 15) is 18.0 Å². The number of rotatable bonds is 8. The monoisotopic (exact) mass is 611 g/mol. The molecule has 0 aliphatic carbocycles. The number of urea groups is 1. The lowest BCUT2D eigenvalue weighted by atomic mass is 10.0. The molecule has 4 heterocycles. The Morgan fingerprint density at radius 1 is 0.911 bits per heavy atom. The molecule has 0 spiro atoms. The van der Waals surface area contributed by atoms with Crippen molar-refractivity contribution in [3.63, 3.8) is 0 Å². The molecule has 0 bridgehead atoms. The highest BCUT2D eigenvalue weighted by atomic mass is 19.4. The van der Waals surface area contributed by atoms with Crippen LogP contribution in [0.3, 0.4) is 0 Å². The lowest BCUT2D eigenvalue weighted by Gasteiger charge is -2.15. The first-order valence-electron chi connectivity index (χ1n) is 13.6. The standard InChI is InChI=1S/C31H24F3N9O2/c1-2-36-27-11-13-43-28(42-27)25(18-39-43)19-5-8-23(9-6-19)45-30-37-16-22(17-38-30)40-29(44)41-26-14-21(31(32,33)34)7-10-24(26)20-4-3-12-35-15-20/h3-18H,2H2,1H3,(H,36,42)(H2,40,41,44). The van der Waals surface area contributed by atoms with Crippen LogP contribution in [0.15, 0.2) is 97.8 Å². The highest BCUT2D eigenvalue weighted by Gasteiger charge is 2.31. The summed E-state index contributed by atoms with van der Waals surface area (Å²) in [4.78, 5) is 29.6. The molecule has 2 amide bonds. The number of fused-ring (bicyclic) bond motifs is 1. The summed E-state index contributed by atoms with van der Waals surface area (Å²) in [6.45, 7) is 2.75. The van der Waals surface area contributed by atoms with Gasteiger partial charge in [0.05, 0.1) is 35.5 Å². The van der Waals surface area contributed by atoms with E-state index in [0.29, 0.717) is 22.5 Å². The van der Waals surface area contributed by atoms with Crippen LogP contribution in [0, 0.1) is 0 Å². The van der Waals surface area contributed by atoms with Crippen LogP contribution >= 0.6 is 0 Å². The number of benzene rings is 2. The molecule has 45 heavy (non-hydrogen) atoms. The van der Waals surface area contributed by atoms with E-state index >= 15 is 0 Å². The maximum atomic E-state index is 13.4. The average Bonchev–Trinajstić information content (AvgIpc) is 3.46. The minimum atomic E-state index is -4.59. The predicted octanol–water partition coefficient (Wildman–Crippen LogP) is 7.14. The second-order valence-electron chi connectivity index (χ2n) is 9.63. The second kappa shape index (κ2) is 12.3. The third-order valence-electron chi connectivity index (χ3n) is 6.56. The van der Waals surface area contributed by atoms with Crippen molar-refractivity contribution in [3.05, 3.63) is 103 Å². The van der Waals surface area contributed by atoms with E-state index in [0.717, 1.165) is 35.6 Å².